The summed E-state index contributed by atoms with van der Waals surface area (Å²) < 4.78 is 11.8. The molecule has 38 heavy (non-hydrogen) atoms. The van der Waals surface area contributed by atoms with Gasteiger partial charge < -0.3 is 19.8 Å². The van der Waals surface area contributed by atoms with Gasteiger partial charge in [-0.15, -0.1) is 0 Å². The number of primary amides is 1. The topological polar surface area (TPSA) is 92.2 Å². The average molecular weight is 513 g/mol. The summed E-state index contributed by atoms with van der Waals surface area (Å²) >= 11 is 0. The van der Waals surface area contributed by atoms with Crippen LogP contribution < -0.4 is 25.7 Å². The molecule has 196 valence electrons. The number of nitrogens with zero attached hydrogens (tertiary/aromatic N) is 3. The fourth-order valence-electron chi connectivity index (χ4n) is 5.07. The van der Waals surface area contributed by atoms with Crippen LogP contribution in [0.2, 0.25) is 0 Å². The molecule has 0 unspecified atom stereocenters. The first-order valence-electron chi connectivity index (χ1n) is 12.8. The van der Waals surface area contributed by atoms with Gasteiger partial charge in [-0.3, -0.25) is 14.6 Å². The maximum atomic E-state index is 13.2. The lowest BCUT2D eigenvalue weighted by atomic mass is 10.1. The molecule has 2 heterocycles. The zero-order valence-corrected chi connectivity index (χ0v) is 21.7. The van der Waals surface area contributed by atoms with Crippen LogP contribution in [0.5, 0.6) is 5.75 Å². The number of ether oxygens (including phenoxy) is 1. The number of hydrogen-bond acceptors (Lipinski definition) is 6. The zero-order chi connectivity index (χ0) is 26.6. The molecule has 0 atom stereocenters. The normalized spacial score (nSPS) is 14.0. The van der Waals surface area contributed by atoms with Gasteiger partial charge in [-0.25, -0.2) is 4.79 Å². The van der Waals surface area contributed by atoms with Crippen molar-refractivity contribution < 1.29 is 13.9 Å². The number of nitrogens with two attached hydrogens (primary N) is 1. The van der Waals surface area contributed by atoms with Crippen LogP contribution in [0.3, 0.4) is 0 Å². The van der Waals surface area contributed by atoms with Crippen molar-refractivity contribution >= 4 is 28.4 Å². The second-order valence-electron chi connectivity index (χ2n) is 9.40. The second kappa shape index (κ2) is 11.0. The van der Waals surface area contributed by atoms with E-state index < -0.39 is 6.03 Å². The lowest BCUT2D eigenvalue weighted by Gasteiger charge is -2.37. The third-order valence-corrected chi connectivity index (χ3v) is 7.15. The molecule has 0 aliphatic carbocycles. The molecule has 2 amide bonds. The molecule has 1 aliphatic heterocycles. The van der Waals surface area contributed by atoms with Gasteiger partial charge in [0.25, 0.3) is 0 Å². The molecular weight excluding hydrogens is 480 g/mol. The molecule has 8 heteroatoms. The third kappa shape index (κ3) is 4.95. The van der Waals surface area contributed by atoms with Crippen molar-refractivity contribution in [3.63, 3.8) is 0 Å². The van der Waals surface area contributed by atoms with E-state index in [4.69, 9.17) is 14.9 Å². The quantitative estimate of drug-likeness (QED) is 0.392. The minimum atomic E-state index is -0.588. The van der Waals surface area contributed by atoms with Gasteiger partial charge in [-0.1, -0.05) is 48.5 Å². The molecule has 5 rings (SSSR count). The molecule has 1 aliphatic rings. The molecule has 0 radical (unpaired) electrons. The van der Waals surface area contributed by atoms with Gasteiger partial charge in [0.15, 0.2) is 11.0 Å². The number of rotatable bonds is 7. The van der Waals surface area contributed by atoms with Gasteiger partial charge >= 0.3 is 6.03 Å². The summed E-state index contributed by atoms with van der Waals surface area (Å²) in [6.45, 7) is 6.15. The van der Waals surface area contributed by atoms with Gasteiger partial charge in [0, 0.05) is 50.4 Å². The number of piperazine rings is 1. The number of carbonyl (C=O) groups is 1. The Morgan fingerprint density at radius 3 is 2.39 bits per heavy atom. The van der Waals surface area contributed by atoms with Crippen LogP contribution in [0.4, 0.5) is 16.2 Å². The highest BCUT2D eigenvalue weighted by Crippen LogP contribution is 2.32. The van der Waals surface area contributed by atoms with Gasteiger partial charge in [-0.05, 0) is 31.2 Å². The summed E-state index contributed by atoms with van der Waals surface area (Å²) in [7, 11) is 1.69. The third-order valence-electron chi connectivity index (χ3n) is 7.15. The summed E-state index contributed by atoms with van der Waals surface area (Å²) in [4.78, 5) is 32.0. The Labute approximate surface area is 221 Å². The molecule has 4 aromatic rings. The zero-order valence-electron chi connectivity index (χ0n) is 21.7. The Morgan fingerprint density at radius 1 is 0.974 bits per heavy atom. The second-order valence-corrected chi connectivity index (χ2v) is 9.40. The van der Waals surface area contributed by atoms with Crippen LogP contribution in [-0.4, -0.2) is 57.3 Å². The largest absolute Gasteiger partial charge is 0.495 e. The number of fused-ring (bicyclic) bond motifs is 1. The minimum Gasteiger partial charge on any atom is -0.495 e. The van der Waals surface area contributed by atoms with Crippen molar-refractivity contribution in [2.45, 2.75) is 6.92 Å². The van der Waals surface area contributed by atoms with Crippen molar-refractivity contribution in [1.29, 1.82) is 0 Å². The maximum absolute atomic E-state index is 13.2. The van der Waals surface area contributed by atoms with Crippen LogP contribution in [0.15, 0.2) is 82.0 Å². The van der Waals surface area contributed by atoms with E-state index in [1.807, 2.05) is 48.5 Å². The lowest BCUT2D eigenvalue weighted by molar-refractivity contribution is 0.245. The van der Waals surface area contributed by atoms with Crippen molar-refractivity contribution in [2.24, 2.45) is 5.73 Å². The van der Waals surface area contributed by atoms with Crippen LogP contribution in [-0.2, 0) is 0 Å². The molecule has 2 N–H and O–H groups in total. The maximum Gasteiger partial charge on any atom is 0.319 e. The van der Waals surface area contributed by atoms with Gasteiger partial charge in [0.05, 0.1) is 23.9 Å². The number of para-hydroxylation sites is 3. The van der Waals surface area contributed by atoms with E-state index in [2.05, 4.69) is 15.9 Å². The molecule has 0 bridgehead atoms. The Morgan fingerprint density at radius 2 is 1.68 bits per heavy atom. The minimum absolute atomic E-state index is 0.121. The Kier molecular flexibility index (Phi) is 7.33. The molecule has 3 aromatic carbocycles. The van der Waals surface area contributed by atoms with E-state index in [1.165, 1.54) is 4.90 Å². The SMILES string of the molecule is COc1ccccc1N1CCN(CCN(C(N)=O)c2cccc3c(=O)c(C)c(-c4ccccc4)oc23)CC1. The van der Waals surface area contributed by atoms with E-state index in [9.17, 15) is 9.59 Å². The predicted molar refractivity (Wildman–Crippen MR) is 151 cm³/mol. The smallest absolute Gasteiger partial charge is 0.319 e. The summed E-state index contributed by atoms with van der Waals surface area (Å²) in [5, 5.41) is 0.427. The molecule has 0 saturated carbocycles. The number of benzene rings is 3. The Hall–Kier alpha value is -4.30. The fraction of sp³-hybridized carbons (Fsp3) is 0.267. The number of methoxy groups -OCH3 is 1. The van der Waals surface area contributed by atoms with Crippen LogP contribution >= 0.6 is 0 Å². The van der Waals surface area contributed by atoms with Gasteiger partial charge in [0.1, 0.15) is 11.5 Å². The molecule has 8 nitrogen and oxygen atoms in total. The molecule has 1 fully saturated rings. The van der Waals surface area contributed by atoms with Gasteiger partial charge in [-0.2, -0.15) is 0 Å². The molecule has 1 aromatic heterocycles. The standard InChI is InChI=1S/C30H32N4O4/c1-21-27(35)23-11-8-13-25(29(23)38-28(21)22-9-4-3-5-10-22)34(30(31)36)20-17-32-15-18-33(19-16-32)24-12-6-7-14-26(24)37-2/h3-14H,15-20H2,1-2H3,(H2,31,36). The lowest BCUT2D eigenvalue weighted by Crippen LogP contribution is -2.49. The summed E-state index contributed by atoms with van der Waals surface area (Å²) in [6, 6.07) is 22.2. The van der Waals surface area contributed by atoms with E-state index in [0.29, 0.717) is 41.1 Å². The molecule has 1 saturated heterocycles. The molecule has 0 spiro atoms. The van der Waals surface area contributed by atoms with Crippen molar-refractivity contribution in [1.82, 2.24) is 4.90 Å². The van der Waals surface area contributed by atoms with Crippen LogP contribution in [0, 0.1) is 6.92 Å². The Balaban J connectivity index is 1.37. The summed E-state index contributed by atoms with van der Waals surface area (Å²) in [5.41, 5.74) is 9.00. The first-order valence-corrected chi connectivity index (χ1v) is 12.8. The Bertz CT molecular complexity index is 1490. The number of amides is 2. The van der Waals surface area contributed by atoms with E-state index >= 15 is 0 Å². The van der Waals surface area contributed by atoms with E-state index in [-0.39, 0.29) is 5.43 Å². The number of anilines is 2. The summed E-state index contributed by atoms with van der Waals surface area (Å²) in [5.74, 6) is 1.36. The number of hydrogen-bond donors (Lipinski definition) is 1. The number of carbonyl (C=O) groups excluding carboxylic acids is 1. The van der Waals surface area contributed by atoms with E-state index in [1.54, 1.807) is 32.2 Å². The van der Waals surface area contributed by atoms with Crippen molar-refractivity contribution in [3.8, 4) is 17.1 Å². The first-order chi connectivity index (χ1) is 18.5. The fourth-order valence-corrected chi connectivity index (χ4v) is 5.07. The highest BCUT2D eigenvalue weighted by atomic mass is 16.5. The predicted octanol–water partition coefficient (Wildman–Crippen LogP) is 4.48. The first kappa shape index (κ1) is 25.4. The highest BCUT2D eigenvalue weighted by molar-refractivity contribution is 6.00. The van der Waals surface area contributed by atoms with Crippen molar-refractivity contribution in [2.75, 3.05) is 56.2 Å². The average Bonchev–Trinajstić information content (AvgIpc) is 2.95. The van der Waals surface area contributed by atoms with Crippen molar-refractivity contribution in [3.05, 3.63) is 88.6 Å². The molecular formula is C30H32N4O4. The van der Waals surface area contributed by atoms with Crippen LogP contribution in [0.1, 0.15) is 5.56 Å². The van der Waals surface area contributed by atoms with E-state index in [0.717, 1.165) is 43.2 Å². The van der Waals surface area contributed by atoms with Gasteiger partial charge in [0.2, 0.25) is 0 Å². The highest BCUT2D eigenvalue weighted by Gasteiger charge is 2.24. The monoisotopic (exact) mass is 512 g/mol. The number of urea groups is 1. The van der Waals surface area contributed by atoms with Crippen LogP contribution in [0.25, 0.3) is 22.3 Å². The summed E-state index contributed by atoms with van der Waals surface area (Å²) in [6.07, 6.45) is 0.